The van der Waals surface area contributed by atoms with Gasteiger partial charge in [-0.2, -0.15) is 4.37 Å². The van der Waals surface area contributed by atoms with Gasteiger partial charge < -0.3 is 4.90 Å². The molecular weight excluding hydrogens is 218 g/mol. The summed E-state index contributed by atoms with van der Waals surface area (Å²) in [5.41, 5.74) is 0. The lowest BCUT2D eigenvalue weighted by Crippen LogP contribution is -2.31. The summed E-state index contributed by atoms with van der Waals surface area (Å²) in [6.07, 6.45) is 5.00. The zero-order chi connectivity index (χ0) is 9.80. The van der Waals surface area contributed by atoms with Crippen molar-refractivity contribution in [3.8, 4) is 0 Å². The third kappa shape index (κ3) is 2.90. The van der Waals surface area contributed by atoms with Crippen LogP contribution in [0.5, 0.6) is 0 Å². The van der Waals surface area contributed by atoms with Gasteiger partial charge in [-0.3, -0.25) is 0 Å². The average Bonchev–Trinajstić information content (AvgIpc) is 2.63. The molecule has 0 atom stereocenters. The van der Waals surface area contributed by atoms with Crippen molar-refractivity contribution in [2.45, 2.75) is 25.7 Å². The van der Waals surface area contributed by atoms with Crippen LogP contribution < -0.4 is 0 Å². The average molecular weight is 232 g/mol. The number of likely N-dealkylation sites (tertiary alicyclic amines) is 1. The second kappa shape index (κ2) is 5.05. The van der Waals surface area contributed by atoms with E-state index in [0.717, 1.165) is 18.8 Å². The lowest BCUT2D eigenvalue weighted by Gasteiger charge is -2.25. The molecule has 1 aliphatic heterocycles. The Bertz CT molecular complexity index is 283. The Morgan fingerprint density at radius 3 is 2.71 bits per heavy atom. The summed E-state index contributed by atoms with van der Waals surface area (Å²) in [7, 11) is 0. The molecule has 1 aliphatic rings. The zero-order valence-electron chi connectivity index (χ0n) is 8.08. The van der Waals surface area contributed by atoms with Gasteiger partial charge in [-0.05, 0) is 49.1 Å². The van der Waals surface area contributed by atoms with E-state index in [4.69, 9.17) is 11.6 Å². The van der Waals surface area contributed by atoms with Crippen LogP contribution in [0.25, 0.3) is 0 Å². The first kappa shape index (κ1) is 10.3. The second-order valence-corrected chi connectivity index (χ2v) is 4.95. The van der Waals surface area contributed by atoms with Gasteiger partial charge in [-0.25, -0.2) is 4.98 Å². The molecule has 0 N–H and O–H groups in total. The van der Waals surface area contributed by atoms with E-state index in [2.05, 4.69) is 14.3 Å². The fourth-order valence-corrected chi connectivity index (χ4v) is 2.44. The minimum Gasteiger partial charge on any atom is -0.303 e. The lowest BCUT2D eigenvalue weighted by atomic mass is 10.1. The summed E-state index contributed by atoms with van der Waals surface area (Å²) < 4.78 is 4.73. The van der Waals surface area contributed by atoms with Crippen molar-refractivity contribution in [3.05, 3.63) is 10.3 Å². The van der Waals surface area contributed by atoms with Crippen LogP contribution in [0.3, 0.4) is 0 Å². The Balaban J connectivity index is 1.76. The molecule has 0 bridgehead atoms. The van der Waals surface area contributed by atoms with Crippen molar-refractivity contribution in [2.24, 2.45) is 0 Å². The maximum absolute atomic E-state index is 5.71. The highest BCUT2D eigenvalue weighted by atomic mass is 35.5. The maximum Gasteiger partial charge on any atom is 0.203 e. The number of piperidine rings is 1. The lowest BCUT2D eigenvalue weighted by molar-refractivity contribution is 0.230. The molecule has 0 aliphatic carbocycles. The highest BCUT2D eigenvalue weighted by molar-refractivity contribution is 7.10. The number of hydrogen-bond acceptors (Lipinski definition) is 4. The second-order valence-electron chi connectivity index (χ2n) is 3.62. The molecule has 14 heavy (non-hydrogen) atoms. The van der Waals surface area contributed by atoms with E-state index in [-0.39, 0.29) is 0 Å². The van der Waals surface area contributed by atoms with E-state index in [1.54, 1.807) is 0 Å². The Hall–Kier alpha value is -0.190. The summed E-state index contributed by atoms with van der Waals surface area (Å²) in [5, 5.41) is 0. The zero-order valence-corrected chi connectivity index (χ0v) is 9.65. The molecule has 0 spiro atoms. The molecule has 5 heteroatoms. The minimum absolute atomic E-state index is 0.554. The van der Waals surface area contributed by atoms with Crippen LogP contribution >= 0.6 is 23.1 Å². The number of halogens is 1. The summed E-state index contributed by atoms with van der Waals surface area (Å²) in [6, 6.07) is 0. The van der Waals surface area contributed by atoms with Crippen LogP contribution in [0.15, 0.2) is 0 Å². The molecule has 1 fully saturated rings. The molecule has 3 nitrogen and oxygen atoms in total. The molecule has 0 aromatic carbocycles. The molecular formula is C9H14ClN3S. The van der Waals surface area contributed by atoms with Crippen LogP contribution in [0.2, 0.25) is 4.47 Å². The SMILES string of the molecule is Clc1nc(CCN2CCCCC2)ns1. The fraction of sp³-hybridized carbons (Fsp3) is 0.778. The normalized spacial score (nSPS) is 18.6. The number of hydrogen-bond donors (Lipinski definition) is 0. The van der Waals surface area contributed by atoms with E-state index >= 15 is 0 Å². The summed E-state index contributed by atoms with van der Waals surface area (Å²) in [4.78, 5) is 6.63. The minimum atomic E-state index is 0.554. The summed E-state index contributed by atoms with van der Waals surface area (Å²) >= 11 is 6.99. The Kier molecular flexibility index (Phi) is 3.73. The van der Waals surface area contributed by atoms with Gasteiger partial charge in [0.15, 0.2) is 0 Å². The van der Waals surface area contributed by atoms with Gasteiger partial charge in [0, 0.05) is 13.0 Å². The van der Waals surface area contributed by atoms with Crippen LogP contribution in [0.1, 0.15) is 25.1 Å². The molecule has 78 valence electrons. The largest absolute Gasteiger partial charge is 0.303 e. The molecule has 1 aromatic heterocycles. The Morgan fingerprint density at radius 1 is 1.29 bits per heavy atom. The first-order chi connectivity index (χ1) is 6.84. The van der Waals surface area contributed by atoms with Gasteiger partial charge in [-0.15, -0.1) is 0 Å². The standard InChI is InChI=1S/C9H14ClN3S/c10-9-11-8(12-14-9)4-7-13-5-2-1-3-6-13/h1-7H2. The van der Waals surface area contributed by atoms with E-state index in [0.29, 0.717) is 4.47 Å². The summed E-state index contributed by atoms with van der Waals surface area (Å²) in [5.74, 6) is 0.894. The van der Waals surface area contributed by atoms with Crippen molar-refractivity contribution in [1.29, 1.82) is 0 Å². The molecule has 1 aromatic rings. The van der Waals surface area contributed by atoms with Crippen LogP contribution in [0.4, 0.5) is 0 Å². The highest BCUT2D eigenvalue weighted by Crippen LogP contribution is 2.12. The van der Waals surface area contributed by atoms with Gasteiger partial charge in [0.05, 0.1) is 0 Å². The van der Waals surface area contributed by atoms with Crippen LogP contribution in [-0.2, 0) is 6.42 Å². The molecule has 2 heterocycles. The topological polar surface area (TPSA) is 29.0 Å². The van der Waals surface area contributed by atoms with Gasteiger partial charge in [0.25, 0.3) is 0 Å². The van der Waals surface area contributed by atoms with Crippen molar-refractivity contribution < 1.29 is 0 Å². The number of aromatic nitrogens is 2. The maximum atomic E-state index is 5.71. The molecule has 0 radical (unpaired) electrons. The summed E-state index contributed by atoms with van der Waals surface area (Å²) in [6.45, 7) is 3.54. The smallest absolute Gasteiger partial charge is 0.203 e. The predicted molar refractivity (Wildman–Crippen MR) is 58.9 cm³/mol. The molecule has 0 unspecified atom stereocenters. The van der Waals surface area contributed by atoms with E-state index in [9.17, 15) is 0 Å². The van der Waals surface area contributed by atoms with Crippen molar-refractivity contribution in [2.75, 3.05) is 19.6 Å². The molecule has 2 rings (SSSR count). The first-order valence-corrected chi connectivity index (χ1v) is 6.20. The van der Waals surface area contributed by atoms with E-state index in [1.165, 1.54) is 43.9 Å². The number of rotatable bonds is 3. The van der Waals surface area contributed by atoms with Gasteiger partial charge in [0.2, 0.25) is 4.47 Å². The Labute approximate surface area is 93.3 Å². The van der Waals surface area contributed by atoms with Crippen LogP contribution in [0, 0.1) is 0 Å². The highest BCUT2D eigenvalue weighted by Gasteiger charge is 2.10. The third-order valence-corrected chi connectivity index (χ3v) is 3.38. The van der Waals surface area contributed by atoms with Gasteiger partial charge >= 0.3 is 0 Å². The van der Waals surface area contributed by atoms with E-state index in [1.807, 2.05) is 0 Å². The monoisotopic (exact) mass is 231 g/mol. The number of nitrogens with zero attached hydrogens (tertiary/aromatic N) is 3. The van der Waals surface area contributed by atoms with Crippen molar-refractivity contribution in [1.82, 2.24) is 14.3 Å². The fourth-order valence-electron chi connectivity index (χ4n) is 1.78. The first-order valence-electron chi connectivity index (χ1n) is 5.05. The molecule has 0 saturated carbocycles. The van der Waals surface area contributed by atoms with Crippen LogP contribution in [-0.4, -0.2) is 33.9 Å². The quantitative estimate of drug-likeness (QED) is 0.799. The third-order valence-electron chi connectivity index (χ3n) is 2.54. The van der Waals surface area contributed by atoms with Gasteiger partial charge in [0.1, 0.15) is 5.82 Å². The Morgan fingerprint density at radius 2 is 2.07 bits per heavy atom. The molecule has 1 saturated heterocycles. The molecule has 0 amide bonds. The van der Waals surface area contributed by atoms with Crippen molar-refractivity contribution in [3.63, 3.8) is 0 Å². The van der Waals surface area contributed by atoms with Gasteiger partial charge in [-0.1, -0.05) is 6.42 Å². The van der Waals surface area contributed by atoms with E-state index < -0.39 is 0 Å². The van der Waals surface area contributed by atoms with Crippen molar-refractivity contribution >= 4 is 23.1 Å². The predicted octanol–water partition coefficient (Wildman–Crippen LogP) is 2.22.